The van der Waals surface area contributed by atoms with Gasteiger partial charge in [-0.15, -0.1) is 0 Å². The highest BCUT2D eigenvalue weighted by molar-refractivity contribution is 5.95. The number of hydrogen-bond donors (Lipinski definition) is 3. The van der Waals surface area contributed by atoms with Gasteiger partial charge in [-0.25, -0.2) is 4.98 Å². The van der Waals surface area contributed by atoms with E-state index in [4.69, 9.17) is 4.74 Å². The second kappa shape index (κ2) is 13.0. The quantitative estimate of drug-likeness (QED) is 0.410. The topological polar surface area (TPSA) is 112 Å². The van der Waals surface area contributed by atoms with E-state index in [-0.39, 0.29) is 29.6 Å². The average Bonchev–Trinajstić information content (AvgIpc) is 2.88. The largest absolute Gasteiger partial charge is 0.495 e. The van der Waals surface area contributed by atoms with E-state index in [0.717, 1.165) is 19.0 Å². The maximum Gasteiger partial charge on any atom is 0.421 e. The second-order valence-corrected chi connectivity index (χ2v) is 9.79. The molecule has 2 aromatic rings. The lowest BCUT2D eigenvalue weighted by Gasteiger charge is -2.38. The van der Waals surface area contributed by atoms with E-state index in [9.17, 15) is 22.8 Å². The van der Waals surface area contributed by atoms with Crippen molar-refractivity contribution >= 4 is 29.3 Å². The maximum atomic E-state index is 13.9. The zero-order valence-electron chi connectivity index (χ0n) is 22.9. The van der Waals surface area contributed by atoms with Crippen LogP contribution in [0.25, 0.3) is 0 Å². The van der Waals surface area contributed by atoms with Gasteiger partial charge >= 0.3 is 6.18 Å². The first-order chi connectivity index (χ1) is 18.4. The zero-order valence-corrected chi connectivity index (χ0v) is 22.9. The number of halogens is 3. The standard InChI is InChI=1S/C26H36F3N7O3/c1-16(37)36(4)21-9-7-6-8-19(21)32-23-18(26(27,28)29)15-31-25(34-23)33-20-11-10-17(14-22(20)39-5)24(38)30-12-13-35(2)3/h10-11,14-15,19,21H,6-9,12-13H2,1-5H3,(H,30,38)(H2,31,32,33,34)/t19-,21-/m1/s1. The Morgan fingerprint density at radius 2 is 1.87 bits per heavy atom. The molecule has 0 bridgehead atoms. The highest BCUT2D eigenvalue weighted by atomic mass is 19.4. The molecular formula is C26H36F3N7O3. The molecule has 0 saturated heterocycles. The summed E-state index contributed by atoms with van der Waals surface area (Å²) in [5.41, 5.74) is -0.260. The highest BCUT2D eigenvalue weighted by Crippen LogP contribution is 2.36. The summed E-state index contributed by atoms with van der Waals surface area (Å²) in [6.07, 6.45) is -0.980. The number of nitrogens with one attached hydrogen (secondary N) is 3. The van der Waals surface area contributed by atoms with Crippen LogP contribution >= 0.6 is 0 Å². The van der Waals surface area contributed by atoms with Crippen LogP contribution in [0.5, 0.6) is 5.75 Å². The van der Waals surface area contributed by atoms with Gasteiger partial charge in [0.15, 0.2) is 0 Å². The van der Waals surface area contributed by atoms with Crippen LogP contribution in [0.15, 0.2) is 24.4 Å². The van der Waals surface area contributed by atoms with Gasteiger partial charge in [0.1, 0.15) is 17.1 Å². The number of carbonyl (C=O) groups excluding carboxylic acids is 2. The molecule has 1 aromatic heterocycles. The van der Waals surface area contributed by atoms with E-state index in [2.05, 4.69) is 25.9 Å². The van der Waals surface area contributed by atoms with Crippen molar-refractivity contribution in [2.75, 3.05) is 52.0 Å². The molecule has 3 N–H and O–H groups in total. The first-order valence-corrected chi connectivity index (χ1v) is 12.7. The summed E-state index contributed by atoms with van der Waals surface area (Å²) < 4.78 is 47.0. The van der Waals surface area contributed by atoms with E-state index in [1.54, 1.807) is 24.1 Å². The molecule has 1 aliphatic rings. The third kappa shape index (κ3) is 7.94. The van der Waals surface area contributed by atoms with Gasteiger partial charge in [0.2, 0.25) is 11.9 Å². The van der Waals surface area contributed by atoms with Crippen molar-refractivity contribution in [2.24, 2.45) is 0 Å². The minimum atomic E-state index is -4.68. The van der Waals surface area contributed by atoms with Crippen LogP contribution in [0.2, 0.25) is 0 Å². The van der Waals surface area contributed by atoms with E-state index >= 15 is 0 Å². The summed E-state index contributed by atoms with van der Waals surface area (Å²) in [6.45, 7) is 2.58. The van der Waals surface area contributed by atoms with Crippen molar-refractivity contribution in [2.45, 2.75) is 50.9 Å². The minimum absolute atomic E-state index is 0.0840. The van der Waals surface area contributed by atoms with Gasteiger partial charge in [-0.05, 0) is 45.1 Å². The number of aromatic nitrogens is 2. The molecule has 1 aliphatic carbocycles. The van der Waals surface area contributed by atoms with Gasteiger partial charge in [-0.3, -0.25) is 9.59 Å². The predicted octanol–water partition coefficient (Wildman–Crippen LogP) is 3.74. The number of amides is 2. The molecule has 2 amide bonds. The van der Waals surface area contributed by atoms with Gasteiger partial charge in [-0.2, -0.15) is 18.2 Å². The van der Waals surface area contributed by atoms with Crippen molar-refractivity contribution in [3.8, 4) is 5.75 Å². The number of anilines is 3. The molecule has 1 aromatic carbocycles. The summed E-state index contributed by atoms with van der Waals surface area (Å²) in [5, 5.41) is 8.67. The smallest absolute Gasteiger partial charge is 0.421 e. The van der Waals surface area contributed by atoms with Crippen molar-refractivity contribution in [3.63, 3.8) is 0 Å². The molecule has 1 fully saturated rings. The summed E-state index contributed by atoms with van der Waals surface area (Å²) >= 11 is 0. The van der Waals surface area contributed by atoms with Crippen LogP contribution in [-0.4, -0.2) is 85.0 Å². The van der Waals surface area contributed by atoms with Crippen molar-refractivity contribution in [3.05, 3.63) is 35.5 Å². The Morgan fingerprint density at radius 1 is 1.15 bits per heavy atom. The lowest BCUT2D eigenvalue weighted by Crippen LogP contribution is -2.49. The number of carbonyl (C=O) groups is 2. The molecule has 3 rings (SSSR count). The van der Waals surface area contributed by atoms with Crippen LogP contribution in [0, 0.1) is 0 Å². The summed E-state index contributed by atoms with van der Waals surface area (Å²) in [4.78, 5) is 36.0. The molecule has 39 heavy (non-hydrogen) atoms. The lowest BCUT2D eigenvalue weighted by molar-refractivity contribution is -0.137. The Labute approximate surface area is 226 Å². The zero-order chi connectivity index (χ0) is 28.7. The average molecular weight is 552 g/mol. The number of nitrogens with zero attached hydrogens (tertiary/aromatic N) is 4. The lowest BCUT2D eigenvalue weighted by atomic mass is 9.89. The summed E-state index contributed by atoms with van der Waals surface area (Å²) in [7, 11) is 6.88. The fourth-order valence-electron chi connectivity index (χ4n) is 4.46. The molecule has 0 radical (unpaired) electrons. The number of methoxy groups -OCH3 is 1. The van der Waals surface area contributed by atoms with Crippen molar-refractivity contribution < 1.29 is 27.5 Å². The van der Waals surface area contributed by atoms with Gasteiger partial charge in [0.05, 0.1) is 18.8 Å². The molecule has 0 unspecified atom stereocenters. The van der Waals surface area contributed by atoms with Crippen LogP contribution in [0.1, 0.15) is 48.5 Å². The van der Waals surface area contributed by atoms with Crippen molar-refractivity contribution in [1.29, 1.82) is 0 Å². The van der Waals surface area contributed by atoms with E-state index in [1.165, 1.54) is 20.1 Å². The minimum Gasteiger partial charge on any atom is -0.495 e. The number of alkyl halides is 3. The number of hydrogen-bond acceptors (Lipinski definition) is 8. The van der Waals surface area contributed by atoms with E-state index in [1.807, 2.05) is 19.0 Å². The monoisotopic (exact) mass is 551 g/mol. The first-order valence-electron chi connectivity index (χ1n) is 12.7. The Kier molecular flexibility index (Phi) is 9.95. The normalized spacial score (nSPS) is 17.5. The molecular weight excluding hydrogens is 515 g/mol. The van der Waals surface area contributed by atoms with Gasteiger partial charge in [0.25, 0.3) is 5.91 Å². The summed E-state index contributed by atoms with van der Waals surface area (Å²) in [5.74, 6) is -0.596. The van der Waals surface area contributed by atoms with Gasteiger partial charge < -0.3 is 30.5 Å². The predicted molar refractivity (Wildman–Crippen MR) is 142 cm³/mol. The number of rotatable bonds is 10. The SMILES string of the molecule is COc1cc(C(=O)NCCN(C)C)ccc1Nc1ncc(C(F)(F)F)c(N[C@@H]2CCCC[C@H]2N(C)C(C)=O)n1. The fraction of sp³-hybridized carbons (Fsp3) is 0.538. The molecule has 0 spiro atoms. The Hall–Kier alpha value is -3.61. The molecule has 13 heteroatoms. The van der Waals surface area contributed by atoms with Crippen LogP contribution in [0.4, 0.5) is 30.6 Å². The maximum absolute atomic E-state index is 13.9. The van der Waals surface area contributed by atoms with Crippen LogP contribution in [0.3, 0.4) is 0 Å². The van der Waals surface area contributed by atoms with Crippen LogP contribution in [-0.2, 0) is 11.0 Å². The third-order valence-corrected chi connectivity index (χ3v) is 6.69. The fourth-order valence-corrected chi connectivity index (χ4v) is 4.46. The van der Waals surface area contributed by atoms with E-state index in [0.29, 0.717) is 42.9 Å². The first kappa shape index (κ1) is 29.9. The molecule has 10 nitrogen and oxygen atoms in total. The number of benzene rings is 1. The summed E-state index contributed by atoms with van der Waals surface area (Å²) in [6, 6.07) is 4.01. The number of ether oxygens (including phenoxy) is 1. The molecule has 0 aliphatic heterocycles. The molecule has 1 saturated carbocycles. The highest BCUT2D eigenvalue weighted by Gasteiger charge is 2.37. The Morgan fingerprint density at radius 3 is 2.51 bits per heavy atom. The van der Waals surface area contributed by atoms with Crippen molar-refractivity contribution in [1.82, 2.24) is 25.1 Å². The molecule has 2 atom stereocenters. The molecule has 1 heterocycles. The van der Waals surface area contributed by atoms with Gasteiger partial charge in [0, 0.05) is 44.9 Å². The van der Waals surface area contributed by atoms with Gasteiger partial charge in [-0.1, -0.05) is 12.8 Å². The molecule has 214 valence electrons. The van der Waals surface area contributed by atoms with Crippen LogP contribution < -0.4 is 20.7 Å². The third-order valence-electron chi connectivity index (χ3n) is 6.69. The Balaban J connectivity index is 1.86. The second-order valence-electron chi connectivity index (χ2n) is 9.79. The number of likely N-dealkylation sites (N-methyl/N-ethyl adjacent to an activating group) is 2. The Bertz CT molecular complexity index is 1160. The van der Waals surface area contributed by atoms with E-state index < -0.39 is 17.8 Å².